The SMILES string of the molecule is CCc1ccc(S(=O)(=O)N[C@@H]2c3cc(C(=O)Nc4ccc(F)cc4F)ccc3OC(C)(C)[C@@H]2O)cc1. The number of rotatable bonds is 6. The Morgan fingerprint density at radius 3 is 2.39 bits per heavy atom. The number of sulfonamides is 1. The van der Waals surface area contributed by atoms with Gasteiger partial charge < -0.3 is 15.2 Å². The first-order chi connectivity index (χ1) is 16.9. The van der Waals surface area contributed by atoms with E-state index >= 15 is 0 Å². The van der Waals surface area contributed by atoms with Crippen LogP contribution >= 0.6 is 0 Å². The lowest BCUT2D eigenvalue weighted by molar-refractivity contribution is -0.0603. The summed E-state index contributed by atoms with van der Waals surface area (Å²) in [5.41, 5.74) is -0.0934. The predicted molar refractivity (Wildman–Crippen MR) is 130 cm³/mol. The molecule has 0 radical (unpaired) electrons. The van der Waals surface area contributed by atoms with Gasteiger partial charge in [-0.05, 0) is 68.3 Å². The predicted octanol–water partition coefficient (Wildman–Crippen LogP) is 4.33. The van der Waals surface area contributed by atoms with Crippen LogP contribution in [0.3, 0.4) is 0 Å². The van der Waals surface area contributed by atoms with Gasteiger partial charge in [-0.15, -0.1) is 0 Å². The number of nitrogens with one attached hydrogen (secondary N) is 2. The molecule has 0 bridgehead atoms. The second-order valence-electron chi connectivity index (χ2n) is 9.08. The van der Waals surface area contributed by atoms with E-state index in [9.17, 15) is 27.1 Å². The summed E-state index contributed by atoms with van der Waals surface area (Å²) in [5, 5.41) is 13.4. The third kappa shape index (κ3) is 5.11. The lowest BCUT2D eigenvalue weighted by Crippen LogP contribution is -2.53. The normalized spacial score (nSPS) is 18.7. The van der Waals surface area contributed by atoms with Gasteiger partial charge in [-0.25, -0.2) is 21.9 Å². The lowest BCUT2D eigenvalue weighted by atomic mass is 9.86. The van der Waals surface area contributed by atoms with Crippen molar-refractivity contribution >= 4 is 21.6 Å². The molecule has 10 heteroatoms. The van der Waals surface area contributed by atoms with Gasteiger partial charge in [0.2, 0.25) is 10.0 Å². The molecule has 0 aliphatic carbocycles. The zero-order valence-electron chi connectivity index (χ0n) is 19.9. The van der Waals surface area contributed by atoms with Crippen molar-refractivity contribution < 1.29 is 31.8 Å². The van der Waals surface area contributed by atoms with E-state index in [-0.39, 0.29) is 27.5 Å². The van der Waals surface area contributed by atoms with Crippen LogP contribution in [0.4, 0.5) is 14.5 Å². The fourth-order valence-corrected chi connectivity index (χ4v) is 5.21. The molecular weight excluding hydrogens is 490 g/mol. The largest absolute Gasteiger partial charge is 0.485 e. The summed E-state index contributed by atoms with van der Waals surface area (Å²) in [4.78, 5) is 12.8. The minimum atomic E-state index is -4.05. The van der Waals surface area contributed by atoms with Crippen LogP contribution in [0.25, 0.3) is 0 Å². The second kappa shape index (κ2) is 9.61. The maximum Gasteiger partial charge on any atom is 0.255 e. The molecule has 190 valence electrons. The smallest absolute Gasteiger partial charge is 0.255 e. The summed E-state index contributed by atoms with van der Waals surface area (Å²) < 4.78 is 62.0. The summed E-state index contributed by atoms with van der Waals surface area (Å²) in [6.07, 6.45) is -0.553. The summed E-state index contributed by atoms with van der Waals surface area (Å²) in [5.74, 6) is -2.16. The van der Waals surface area contributed by atoms with E-state index in [1.54, 1.807) is 26.0 Å². The number of aryl methyl sites for hydroxylation is 1. The number of amides is 1. The van der Waals surface area contributed by atoms with Crippen LogP contribution in [-0.4, -0.2) is 31.1 Å². The minimum absolute atomic E-state index is 0.0263. The number of aliphatic hydroxyl groups is 1. The Balaban J connectivity index is 1.68. The van der Waals surface area contributed by atoms with Crippen LogP contribution in [0, 0.1) is 11.6 Å². The van der Waals surface area contributed by atoms with E-state index in [1.807, 2.05) is 6.92 Å². The van der Waals surface area contributed by atoms with Gasteiger partial charge in [0.25, 0.3) is 5.91 Å². The molecular formula is C26H26F2N2O5S. The van der Waals surface area contributed by atoms with E-state index in [4.69, 9.17) is 4.74 Å². The van der Waals surface area contributed by atoms with E-state index < -0.39 is 45.3 Å². The Kier molecular flexibility index (Phi) is 6.87. The highest BCUT2D eigenvalue weighted by molar-refractivity contribution is 7.89. The average Bonchev–Trinajstić information content (AvgIpc) is 2.83. The molecule has 1 aliphatic rings. The molecule has 3 aromatic rings. The number of carbonyl (C=O) groups is 1. The molecule has 0 saturated carbocycles. The van der Waals surface area contributed by atoms with Crippen LogP contribution in [0.2, 0.25) is 0 Å². The van der Waals surface area contributed by atoms with E-state index in [0.29, 0.717) is 6.07 Å². The Morgan fingerprint density at radius 2 is 1.75 bits per heavy atom. The highest BCUT2D eigenvalue weighted by Gasteiger charge is 2.44. The molecule has 1 heterocycles. The zero-order valence-corrected chi connectivity index (χ0v) is 20.7. The monoisotopic (exact) mass is 516 g/mol. The molecule has 0 spiro atoms. The van der Waals surface area contributed by atoms with Crippen LogP contribution < -0.4 is 14.8 Å². The molecule has 36 heavy (non-hydrogen) atoms. The summed E-state index contributed by atoms with van der Waals surface area (Å²) in [6, 6.07) is 12.3. The van der Waals surface area contributed by atoms with Crippen molar-refractivity contribution in [2.24, 2.45) is 0 Å². The Bertz CT molecular complexity index is 1410. The first kappa shape index (κ1) is 25.7. The van der Waals surface area contributed by atoms with E-state index in [0.717, 1.165) is 24.1 Å². The number of fused-ring (bicyclic) bond motifs is 1. The topological polar surface area (TPSA) is 105 Å². The molecule has 3 aromatic carbocycles. The maximum absolute atomic E-state index is 14.0. The number of hydrogen-bond donors (Lipinski definition) is 3. The summed E-state index contributed by atoms with van der Waals surface area (Å²) in [7, 11) is -4.05. The van der Waals surface area contributed by atoms with Crippen LogP contribution in [-0.2, 0) is 16.4 Å². The first-order valence-corrected chi connectivity index (χ1v) is 12.8. The lowest BCUT2D eigenvalue weighted by Gasteiger charge is -2.42. The van der Waals surface area contributed by atoms with Gasteiger partial charge >= 0.3 is 0 Å². The highest BCUT2D eigenvalue weighted by atomic mass is 32.2. The molecule has 1 aliphatic heterocycles. The molecule has 0 unspecified atom stereocenters. The standard InChI is InChI=1S/C26H26F2N2O5S/c1-4-15-5-9-18(10-6-15)36(33,34)30-23-19-13-16(7-12-22(19)35-26(2,3)24(23)31)25(32)29-21-11-8-17(27)14-20(21)28/h5-14,23-24,30-31H,4H2,1-3H3,(H,29,32)/t23-,24-/m1/s1. The Labute approximate surface area is 208 Å². The summed E-state index contributed by atoms with van der Waals surface area (Å²) >= 11 is 0. The molecule has 0 fully saturated rings. The molecule has 4 rings (SSSR count). The Morgan fingerprint density at radius 1 is 1.06 bits per heavy atom. The molecule has 7 nitrogen and oxygen atoms in total. The van der Waals surface area contributed by atoms with Crippen molar-refractivity contribution in [3.63, 3.8) is 0 Å². The van der Waals surface area contributed by atoms with Gasteiger partial charge in [-0.3, -0.25) is 4.79 Å². The Hall–Kier alpha value is -3.34. The molecule has 2 atom stereocenters. The maximum atomic E-state index is 14.0. The van der Waals surface area contributed by atoms with Gasteiger partial charge in [-0.2, -0.15) is 0 Å². The molecule has 3 N–H and O–H groups in total. The second-order valence-corrected chi connectivity index (χ2v) is 10.8. The van der Waals surface area contributed by atoms with Gasteiger partial charge in [0.15, 0.2) is 0 Å². The number of carbonyl (C=O) groups excluding carboxylic acids is 1. The van der Waals surface area contributed by atoms with E-state index in [1.165, 1.54) is 30.3 Å². The third-order valence-corrected chi connectivity index (χ3v) is 7.57. The fraction of sp³-hybridized carbons (Fsp3) is 0.269. The number of halogens is 2. The van der Waals surface area contributed by atoms with Crippen molar-refractivity contribution in [2.45, 2.75) is 49.8 Å². The minimum Gasteiger partial charge on any atom is -0.485 e. The number of anilines is 1. The van der Waals surface area contributed by atoms with Gasteiger partial charge in [0.1, 0.15) is 29.1 Å². The van der Waals surface area contributed by atoms with Crippen LogP contribution in [0.15, 0.2) is 65.6 Å². The zero-order chi connectivity index (χ0) is 26.3. The van der Waals surface area contributed by atoms with Crippen molar-refractivity contribution in [1.29, 1.82) is 0 Å². The number of aliphatic hydroxyl groups excluding tert-OH is 1. The average molecular weight is 517 g/mol. The van der Waals surface area contributed by atoms with Crippen molar-refractivity contribution in [1.82, 2.24) is 4.72 Å². The molecule has 0 aromatic heterocycles. The summed E-state index contributed by atoms with van der Waals surface area (Å²) in [6.45, 7) is 5.20. The number of hydrogen-bond acceptors (Lipinski definition) is 5. The quantitative estimate of drug-likeness (QED) is 0.452. The van der Waals surface area contributed by atoms with E-state index in [2.05, 4.69) is 10.0 Å². The molecule has 0 saturated heterocycles. The van der Waals surface area contributed by atoms with Crippen LogP contribution in [0.1, 0.15) is 48.3 Å². The number of benzene rings is 3. The van der Waals surface area contributed by atoms with Crippen molar-refractivity contribution in [3.8, 4) is 5.75 Å². The molecule has 1 amide bonds. The van der Waals surface area contributed by atoms with Crippen LogP contribution in [0.5, 0.6) is 5.75 Å². The highest BCUT2D eigenvalue weighted by Crippen LogP contribution is 2.41. The first-order valence-electron chi connectivity index (χ1n) is 11.3. The fourth-order valence-electron chi connectivity index (χ4n) is 3.99. The van der Waals surface area contributed by atoms with Gasteiger partial charge in [0.05, 0.1) is 16.6 Å². The van der Waals surface area contributed by atoms with Gasteiger partial charge in [0, 0.05) is 17.2 Å². The number of ether oxygens (including phenoxy) is 1. The van der Waals surface area contributed by atoms with Gasteiger partial charge in [-0.1, -0.05) is 19.1 Å². The van der Waals surface area contributed by atoms with Crippen molar-refractivity contribution in [2.75, 3.05) is 5.32 Å². The van der Waals surface area contributed by atoms with Crippen molar-refractivity contribution in [3.05, 3.63) is 89.0 Å². The third-order valence-electron chi connectivity index (χ3n) is 6.11.